The summed E-state index contributed by atoms with van der Waals surface area (Å²) < 4.78 is 0. The number of nitrogen functional groups attached to an aromatic ring is 1. The average molecular weight is 397 g/mol. The van der Waals surface area contributed by atoms with E-state index in [1.54, 1.807) is 48.8 Å². The van der Waals surface area contributed by atoms with E-state index in [-0.39, 0.29) is 5.91 Å². The van der Waals surface area contributed by atoms with Crippen LogP contribution in [0.4, 0.5) is 11.4 Å². The van der Waals surface area contributed by atoms with Crippen molar-refractivity contribution in [2.75, 3.05) is 11.1 Å². The largest absolute Gasteiger partial charge is 0.399 e. The molecule has 0 aliphatic heterocycles. The van der Waals surface area contributed by atoms with E-state index in [9.17, 15) is 9.59 Å². The Morgan fingerprint density at radius 1 is 1.00 bits per heavy atom. The highest BCUT2D eigenvalue weighted by Crippen LogP contribution is 2.29. The van der Waals surface area contributed by atoms with Crippen molar-refractivity contribution in [3.05, 3.63) is 89.7 Å². The smallest absolute Gasteiger partial charge is 0.255 e. The molecule has 2 aromatic carbocycles. The SMILES string of the molecule is NC(=O)/C(=C\c1c[nH]c2nccc(NC(=O)c3cccc(N)c3)c12)c1ccccc1. The summed E-state index contributed by atoms with van der Waals surface area (Å²) in [6, 6.07) is 17.6. The van der Waals surface area contributed by atoms with Gasteiger partial charge in [0.1, 0.15) is 5.65 Å². The molecule has 0 unspecified atom stereocenters. The standard InChI is InChI=1S/C23H19N5O2/c24-17-8-4-7-15(11-17)23(30)28-19-9-10-26-22-20(19)16(13-27-22)12-18(21(25)29)14-5-2-1-3-6-14/h1-13H,24H2,(H2,25,29)(H2,26,27,28,30)/b18-12-. The zero-order valence-electron chi connectivity index (χ0n) is 15.9. The van der Waals surface area contributed by atoms with E-state index in [2.05, 4.69) is 15.3 Å². The van der Waals surface area contributed by atoms with Crippen molar-refractivity contribution >= 4 is 45.9 Å². The quantitative estimate of drug-likeness (QED) is 0.304. The second-order valence-electron chi connectivity index (χ2n) is 6.69. The van der Waals surface area contributed by atoms with Crippen LogP contribution in [0.25, 0.3) is 22.7 Å². The first-order valence-electron chi connectivity index (χ1n) is 9.23. The number of carbonyl (C=O) groups excluding carboxylic acids is 2. The minimum atomic E-state index is -0.551. The topological polar surface area (TPSA) is 127 Å². The molecule has 0 bridgehead atoms. The molecule has 30 heavy (non-hydrogen) atoms. The molecule has 0 fully saturated rings. The number of hydrogen-bond donors (Lipinski definition) is 4. The summed E-state index contributed by atoms with van der Waals surface area (Å²) in [7, 11) is 0. The van der Waals surface area contributed by atoms with Gasteiger partial charge in [-0.25, -0.2) is 4.98 Å². The normalized spacial score (nSPS) is 11.4. The summed E-state index contributed by atoms with van der Waals surface area (Å²) in [5, 5.41) is 3.57. The maximum atomic E-state index is 12.7. The van der Waals surface area contributed by atoms with E-state index in [4.69, 9.17) is 11.5 Å². The fourth-order valence-electron chi connectivity index (χ4n) is 3.24. The van der Waals surface area contributed by atoms with Gasteiger partial charge in [0.15, 0.2) is 0 Å². The van der Waals surface area contributed by atoms with Gasteiger partial charge in [0, 0.05) is 40.2 Å². The molecule has 6 N–H and O–H groups in total. The van der Waals surface area contributed by atoms with Gasteiger partial charge in [0.05, 0.1) is 5.69 Å². The van der Waals surface area contributed by atoms with Crippen LogP contribution in [0.5, 0.6) is 0 Å². The van der Waals surface area contributed by atoms with Crippen molar-refractivity contribution in [1.82, 2.24) is 9.97 Å². The monoisotopic (exact) mass is 397 g/mol. The van der Waals surface area contributed by atoms with Crippen LogP contribution in [0.2, 0.25) is 0 Å². The number of amides is 2. The van der Waals surface area contributed by atoms with Crippen molar-refractivity contribution in [3.8, 4) is 0 Å². The van der Waals surface area contributed by atoms with Gasteiger partial charge in [-0.05, 0) is 35.9 Å². The highest BCUT2D eigenvalue weighted by Gasteiger charge is 2.15. The molecule has 148 valence electrons. The third-order valence-electron chi connectivity index (χ3n) is 4.65. The number of primary amides is 1. The maximum Gasteiger partial charge on any atom is 0.255 e. The summed E-state index contributed by atoms with van der Waals surface area (Å²) in [6.07, 6.45) is 5.00. The second kappa shape index (κ2) is 7.92. The van der Waals surface area contributed by atoms with Gasteiger partial charge < -0.3 is 21.8 Å². The maximum absolute atomic E-state index is 12.7. The van der Waals surface area contributed by atoms with E-state index in [0.717, 1.165) is 0 Å². The number of aromatic nitrogens is 2. The van der Waals surface area contributed by atoms with Crippen LogP contribution in [0.15, 0.2) is 73.1 Å². The third-order valence-corrected chi connectivity index (χ3v) is 4.65. The third kappa shape index (κ3) is 3.77. The van der Waals surface area contributed by atoms with Gasteiger partial charge in [-0.3, -0.25) is 9.59 Å². The van der Waals surface area contributed by atoms with E-state index in [1.165, 1.54) is 0 Å². The summed E-state index contributed by atoms with van der Waals surface area (Å²) in [5.74, 6) is -0.853. The molecule has 0 aliphatic rings. The number of rotatable bonds is 5. The zero-order valence-corrected chi connectivity index (χ0v) is 15.9. The number of nitrogens with two attached hydrogens (primary N) is 2. The molecule has 4 rings (SSSR count). The van der Waals surface area contributed by atoms with E-state index in [0.29, 0.717) is 44.7 Å². The molecule has 0 spiro atoms. The van der Waals surface area contributed by atoms with Gasteiger partial charge in [0.25, 0.3) is 5.91 Å². The molecular weight excluding hydrogens is 378 g/mol. The van der Waals surface area contributed by atoms with Crippen molar-refractivity contribution in [1.29, 1.82) is 0 Å². The Morgan fingerprint density at radius 3 is 2.50 bits per heavy atom. The Morgan fingerprint density at radius 2 is 1.77 bits per heavy atom. The molecule has 0 atom stereocenters. The molecule has 7 heteroatoms. The molecule has 2 amide bonds. The van der Waals surface area contributed by atoms with E-state index < -0.39 is 5.91 Å². The first-order valence-corrected chi connectivity index (χ1v) is 9.23. The molecule has 4 aromatic rings. The number of H-pyrrole nitrogens is 1. The molecule has 2 heterocycles. The number of aromatic amines is 1. The number of anilines is 2. The lowest BCUT2D eigenvalue weighted by atomic mass is 10.0. The van der Waals surface area contributed by atoms with Gasteiger partial charge in [-0.2, -0.15) is 0 Å². The van der Waals surface area contributed by atoms with Crippen LogP contribution in [0.3, 0.4) is 0 Å². The predicted molar refractivity (Wildman–Crippen MR) is 118 cm³/mol. The van der Waals surface area contributed by atoms with Crippen LogP contribution in [-0.2, 0) is 4.79 Å². The van der Waals surface area contributed by atoms with Gasteiger partial charge in [-0.1, -0.05) is 36.4 Å². The molecule has 0 radical (unpaired) electrons. The minimum absolute atomic E-state index is 0.302. The van der Waals surface area contributed by atoms with Crippen LogP contribution in [0, 0.1) is 0 Å². The van der Waals surface area contributed by atoms with Crippen LogP contribution in [0.1, 0.15) is 21.5 Å². The minimum Gasteiger partial charge on any atom is -0.399 e. The number of fused-ring (bicyclic) bond motifs is 1. The van der Waals surface area contributed by atoms with E-state index in [1.807, 2.05) is 30.3 Å². The van der Waals surface area contributed by atoms with E-state index >= 15 is 0 Å². The number of hydrogen-bond acceptors (Lipinski definition) is 4. The van der Waals surface area contributed by atoms with Crippen molar-refractivity contribution < 1.29 is 9.59 Å². The number of pyridine rings is 1. The number of nitrogens with zero attached hydrogens (tertiary/aromatic N) is 1. The Bertz CT molecular complexity index is 1280. The lowest BCUT2D eigenvalue weighted by Crippen LogP contribution is -2.13. The number of benzene rings is 2. The molecule has 0 saturated carbocycles. The first kappa shape index (κ1) is 18.9. The second-order valence-corrected chi connectivity index (χ2v) is 6.69. The molecule has 0 saturated heterocycles. The fourth-order valence-corrected chi connectivity index (χ4v) is 3.24. The Hall–Kier alpha value is -4.39. The van der Waals surface area contributed by atoms with Gasteiger partial charge >= 0.3 is 0 Å². The zero-order chi connectivity index (χ0) is 21.1. The summed E-state index contributed by atoms with van der Waals surface area (Å²) in [6.45, 7) is 0. The van der Waals surface area contributed by atoms with Gasteiger partial charge in [-0.15, -0.1) is 0 Å². The Labute approximate surface area is 172 Å². The van der Waals surface area contributed by atoms with Crippen LogP contribution >= 0.6 is 0 Å². The highest BCUT2D eigenvalue weighted by atomic mass is 16.2. The fraction of sp³-hybridized carbons (Fsp3) is 0. The predicted octanol–water partition coefficient (Wildman–Crippen LogP) is 3.42. The number of carbonyl (C=O) groups is 2. The average Bonchev–Trinajstić information content (AvgIpc) is 3.16. The molecule has 0 aliphatic carbocycles. The van der Waals surface area contributed by atoms with Crippen molar-refractivity contribution in [2.24, 2.45) is 5.73 Å². The van der Waals surface area contributed by atoms with Crippen LogP contribution in [-0.4, -0.2) is 21.8 Å². The Balaban J connectivity index is 1.78. The van der Waals surface area contributed by atoms with Gasteiger partial charge in [0.2, 0.25) is 5.91 Å². The summed E-state index contributed by atoms with van der Waals surface area (Å²) >= 11 is 0. The Kier molecular flexibility index (Phi) is 5.00. The highest BCUT2D eigenvalue weighted by molar-refractivity contribution is 6.24. The van der Waals surface area contributed by atoms with Crippen molar-refractivity contribution in [2.45, 2.75) is 0 Å². The molecular formula is C23H19N5O2. The first-order chi connectivity index (χ1) is 14.5. The summed E-state index contributed by atoms with van der Waals surface area (Å²) in [5.41, 5.74) is 15.2. The van der Waals surface area contributed by atoms with Crippen molar-refractivity contribution in [3.63, 3.8) is 0 Å². The molecule has 7 nitrogen and oxygen atoms in total. The lowest BCUT2D eigenvalue weighted by Gasteiger charge is -2.09. The molecule has 2 aromatic heterocycles. The summed E-state index contributed by atoms with van der Waals surface area (Å²) in [4.78, 5) is 32.2. The van der Waals surface area contributed by atoms with Crippen LogP contribution < -0.4 is 16.8 Å². The lowest BCUT2D eigenvalue weighted by molar-refractivity contribution is -0.112. The number of nitrogens with one attached hydrogen (secondary N) is 2.